The van der Waals surface area contributed by atoms with Crippen LogP contribution >= 0.6 is 0 Å². The molecule has 2 N–H and O–H groups in total. The number of aliphatic hydroxyl groups is 2. The van der Waals surface area contributed by atoms with Crippen LogP contribution in [0.25, 0.3) is 0 Å². The Bertz CT molecular complexity index is 885. The van der Waals surface area contributed by atoms with Gasteiger partial charge in [-0.15, -0.1) is 0 Å². The Kier molecular flexibility index (Phi) is 32.0. The number of benzene rings is 1. The van der Waals surface area contributed by atoms with Crippen LogP contribution in [0.2, 0.25) is 0 Å². The molecule has 13 nitrogen and oxygen atoms in total. The van der Waals surface area contributed by atoms with Crippen molar-refractivity contribution in [1.29, 1.82) is 0 Å². The van der Waals surface area contributed by atoms with Crippen LogP contribution in [-0.2, 0) is 47.4 Å². The van der Waals surface area contributed by atoms with Gasteiger partial charge in [0.05, 0.1) is 129 Å². The molecule has 13 heteroatoms. The topological polar surface area (TPSA) is 144 Å². The molecule has 6 atom stereocenters. The number of carbonyl (C=O) groups excluding carboxylic acids is 1. The largest absolute Gasteiger partial charge is 0.394 e. The summed E-state index contributed by atoms with van der Waals surface area (Å²) in [6.07, 6.45) is 0.673. The summed E-state index contributed by atoms with van der Waals surface area (Å²) in [7, 11) is 0. The maximum absolute atomic E-state index is 8.75. The summed E-state index contributed by atoms with van der Waals surface area (Å²) in [5, 5.41) is 17.5. The number of aliphatic hydroxyl groups excluding tert-OH is 2. The number of aryl methyl sites for hydroxylation is 1. The van der Waals surface area contributed by atoms with Gasteiger partial charge in [0.25, 0.3) is 0 Å². The monoisotopic (exact) mass is 719 g/mol. The van der Waals surface area contributed by atoms with E-state index in [0.717, 1.165) is 19.5 Å². The van der Waals surface area contributed by atoms with Gasteiger partial charge in [-0.2, -0.15) is 0 Å². The lowest BCUT2D eigenvalue weighted by atomic mass is 10.2. The summed E-state index contributed by atoms with van der Waals surface area (Å²) >= 11 is 0. The normalized spacial score (nSPS) is 15.1. The highest BCUT2D eigenvalue weighted by molar-refractivity contribution is 5.48. The number of carbonyl (C=O) groups is 1. The first-order valence-corrected chi connectivity index (χ1v) is 17.9. The lowest BCUT2D eigenvalue weighted by molar-refractivity contribution is -0.0980. The molecule has 0 saturated heterocycles. The van der Waals surface area contributed by atoms with Crippen molar-refractivity contribution in [3.8, 4) is 0 Å². The molecule has 0 bridgehead atoms. The molecule has 0 aromatic heterocycles. The molecule has 0 heterocycles. The van der Waals surface area contributed by atoms with E-state index in [1.165, 1.54) is 11.3 Å². The fourth-order valence-electron chi connectivity index (χ4n) is 4.43. The highest BCUT2D eigenvalue weighted by Gasteiger charge is 2.14. The van der Waals surface area contributed by atoms with Crippen LogP contribution in [0.1, 0.15) is 53.5 Å². The molecular formula is C37H69NO12. The van der Waals surface area contributed by atoms with Gasteiger partial charge in [-0.25, -0.2) is 0 Å². The molecule has 6 unspecified atom stereocenters. The van der Waals surface area contributed by atoms with Crippen LogP contribution in [0.15, 0.2) is 24.3 Å². The molecule has 0 fully saturated rings. The average Bonchev–Trinajstić information content (AvgIpc) is 3.11. The predicted molar refractivity (Wildman–Crippen MR) is 194 cm³/mol. The number of ether oxygens (including phenoxy) is 9. The zero-order chi connectivity index (χ0) is 37.4. The number of nitrogens with zero attached hydrogens (tertiary/aromatic N) is 1. The Labute approximate surface area is 301 Å². The van der Waals surface area contributed by atoms with Crippen LogP contribution in [0, 0.1) is 6.92 Å². The Morgan fingerprint density at radius 3 is 1.50 bits per heavy atom. The Morgan fingerprint density at radius 1 is 0.560 bits per heavy atom. The van der Waals surface area contributed by atoms with Crippen LogP contribution in [0.4, 0.5) is 5.69 Å². The third-order valence-corrected chi connectivity index (χ3v) is 7.22. The molecule has 50 heavy (non-hydrogen) atoms. The smallest absolute Gasteiger partial charge is 0.106 e. The van der Waals surface area contributed by atoms with Gasteiger partial charge < -0.3 is 62.5 Å². The minimum absolute atomic E-state index is 0.0158. The van der Waals surface area contributed by atoms with Gasteiger partial charge in [0.15, 0.2) is 0 Å². The molecule has 1 aromatic rings. The van der Waals surface area contributed by atoms with Gasteiger partial charge >= 0.3 is 0 Å². The average molecular weight is 720 g/mol. The molecule has 0 amide bonds. The van der Waals surface area contributed by atoms with E-state index in [1.54, 1.807) is 0 Å². The molecule has 0 aliphatic heterocycles. The summed E-state index contributed by atoms with van der Waals surface area (Å²) in [5.41, 5.74) is 2.39. The van der Waals surface area contributed by atoms with Crippen molar-refractivity contribution < 1.29 is 57.6 Å². The van der Waals surface area contributed by atoms with Crippen molar-refractivity contribution >= 4 is 12.5 Å². The first-order valence-electron chi connectivity index (χ1n) is 17.9. The standard InChI is InChI=1S/C36H67NO11.CH2O/c1-29-9-8-10-36(23-29)37(12-11-30(2)45-27-34(6)47-25-32(4)43-21-19-40-17-14-38)13-16-42-24-31(3)46-28-35(7)48-26-33(5)44-22-20-41-18-15-39;1-2/h8-10,23,30-35,38-39H,11-22,24-28H2,1-7H3;1H2. The van der Waals surface area contributed by atoms with Crippen molar-refractivity contribution in [3.63, 3.8) is 0 Å². The first-order chi connectivity index (χ1) is 24.1. The zero-order valence-corrected chi connectivity index (χ0v) is 31.9. The van der Waals surface area contributed by atoms with E-state index in [1.807, 2.05) is 41.4 Å². The third-order valence-electron chi connectivity index (χ3n) is 7.22. The summed E-state index contributed by atoms with van der Waals surface area (Å²) in [6, 6.07) is 8.54. The van der Waals surface area contributed by atoms with Crippen LogP contribution in [0.3, 0.4) is 0 Å². The van der Waals surface area contributed by atoms with Gasteiger partial charge in [0.2, 0.25) is 0 Å². The lowest BCUT2D eigenvalue weighted by Crippen LogP contribution is -2.32. The van der Waals surface area contributed by atoms with Crippen LogP contribution in [-0.4, -0.2) is 159 Å². The van der Waals surface area contributed by atoms with E-state index >= 15 is 0 Å². The first kappa shape index (κ1) is 48.2. The maximum atomic E-state index is 8.75. The maximum Gasteiger partial charge on any atom is 0.106 e. The second-order valence-corrected chi connectivity index (χ2v) is 12.3. The SMILES string of the molecule is C=O.Cc1cccc(N(CCOCC(C)OCC(C)OCC(C)OCCOCCO)CCC(C)OCC(C)OCC(C)OCCOCCO)c1. The summed E-state index contributed by atoms with van der Waals surface area (Å²) < 4.78 is 51.6. The summed E-state index contributed by atoms with van der Waals surface area (Å²) in [4.78, 5) is 10.3. The van der Waals surface area contributed by atoms with E-state index in [-0.39, 0.29) is 49.8 Å². The Hall–Kier alpha value is -1.75. The van der Waals surface area contributed by atoms with Crippen molar-refractivity contribution in [1.82, 2.24) is 0 Å². The molecule has 1 rings (SSSR count). The minimum Gasteiger partial charge on any atom is -0.394 e. The highest BCUT2D eigenvalue weighted by atomic mass is 16.6. The number of hydrogen-bond donors (Lipinski definition) is 2. The Morgan fingerprint density at radius 2 is 1.02 bits per heavy atom. The van der Waals surface area contributed by atoms with E-state index in [9.17, 15) is 0 Å². The molecule has 0 saturated carbocycles. The van der Waals surface area contributed by atoms with E-state index < -0.39 is 0 Å². The van der Waals surface area contributed by atoms with Gasteiger partial charge in [0, 0.05) is 18.8 Å². The lowest BCUT2D eigenvalue weighted by Gasteiger charge is -2.27. The molecule has 294 valence electrons. The van der Waals surface area contributed by atoms with E-state index in [4.69, 9.17) is 57.6 Å². The fourth-order valence-corrected chi connectivity index (χ4v) is 4.43. The van der Waals surface area contributed by atoms with Crippen LogP contribution < -0.4 is 4.90 Å². The highest BCUT2D eigenvalue weighted by Crippen LogP contribution is 2.17. The van der Waals surface area contributed by atoms with Crippen molar-refractivity contribution in [2.24, 2.45) is 0 Å². The van der Waals surface area contributed by atoms with Gasteiger partial charge in [-0.05, 0) is 72.6 Å². The van der Waals surface area contributed by atoms with Crippen molar-refractivity contribution in [2.45, 2.75) is 91.5 Å². The number of hydrogen-bond acceptors (Lipinski definition) is 13. The minimum atomic E-state index is -0.0639. The summed E-state index contributed by atoms with van der Waals surface area (Å²) in [5.74, 6) is 0. The molecule has 0 aliphatic rings. The quantitative estimate of drug-likeness (QED) is 0.103. The van der Waals surface area contributed by atoms with Crippen molar-refractivity contribution in [2.75, 3.05) is 110 Å². The van der Waals surface area contributed by atoms with Gasteiger partial charge in [0.1, 0.15) is 6.79 Å². The zero-order valence-electron chi connectivity index (χ0n) is 31.9. The van der Waals surface area contributed by atoms with Crippen molar-refractivity contribution in [3.05, 3.63) is 29.8 Å². The number of anilines is 1. The summed E-state index contributed by atoms with van der Waals surface area (Å²) in [6.45, 7) is 23.3. The second-order valence-electron chi connectivity index (χ2n) is 12.3. The third kappa shape index (κ3) is 27.9. The predicted octanol–water partition coefficient (Wildman–Crippen LogP) is 3.47. The van der Waals surface area contributed by atoms with Gasteiger partial charge in [-0.3, -0.25) is 0 Å². The molecule has 0 aliphatic carbocycles. The molecule has 0 radical (unpaired) electrons. The Balaban J connectivity index is 0.0000118. The van der Waals surface area contributed by atoms with Gasteiger partial charge in [-0.1, -0.05) is 12.1 Å². The van der Waals surface area contributed by atoms with Crippen LogP contribution in [0.5, 0.6) is 0 Å². The molecular weight excluding hydrogens is 650 g/mol. The van der Waals surface area contributed by atoms with E-state index in [0.29, 0.717) is 79.3 Å². The molecule has 1 aromatic carbocycles. The number of rotatable bonds is 33. The molecule has 0 spiro atoms. The van der Waals surface area contributed by atoms with E-state index in [2.05, 4.69) is 43.0 Å². The fraction of sp³-hybridized carbons (Fsp3) is 0.811. The second kappa shape index (κ2) is 33.1.